The Morgan fingerprint density at radius 2 is 2.25 bits per heavy atom. The Bertz CT molecular complexity index is 366. The maximum Gasteiger partial charge on any atom is 0.306 e. The summed E-state index contributed by atoms with van der Waals surface area (Å²) in [6, 6.07) is 5.80. The third-order valence-corrected chi connectivity index (χ3v) is 3.25. The van der Waals surface area contributed by atoms with Gasteiger partial charge in [0, 0.05) is 16.3 Å². The van der Waals surface area contributed by atoms with Crippen molar-refractivity contribution in [3.63, 3.8) is 0 Å². The molecule has 4 heteroatoms. The molecular weight excluding hydrogens is 222 g/mol. The number of hydrogen-bond donors (Lipinski definition) is 1. The van der Waals surface area contributed by atoms with Crippen LogP contribution in [0.3, 0.4) is 0 Å². The average Bonchev–Trinajstić information content (AvgIpc) is 2.22. The van der Waals surface area contributed by atoms with E-state index in [2.05, 4.69) is 0 Å². The van der Waals surface area contributed by atoms with Gasteiger partial charge in [-0.25, -0.2) is 0 Å². The Labute approximate surface area is 100 Å². The van der Waals surface area contributed by atoms with Gasteiger partial charge in [0.1, 0.15) is 0 Å². The normalized spacial score (nSPS) is 10.1. The summed E-state index contributed by atoms with van der Waals surface area (Å²) >= 11 is 1.65. The summed E-state index contributed by atoms with van der Waals surface area (Å²) in [6.07, 6.45) is 0.447. The van der Waals surface area contributed by atoms with Crippen molar-refractivity contribution in [3.05, 3.63) is 23.8 Å². The van der Waals surface area contributed by atoms with Crippen LogP contribution in [0.25, 0.3) is 0 Å². The smallest absolute Gasteiger partial charge is 0.306 e. The minimum atomic E-state index is -0.136. The van der Waals surface area contributed by atoms with Crippen molar-refractivity contribution >= 4 is 23.4 Å². The highest BCUT2D eigenvalue weighted by atomic mass is 32.2. The van der Waals surface area contributed by atoms with Crippen LogP contribution in [-0.4, -0.2) is 18.3 Å². The molecule has 0 fully saturated rings. The fraction of sp³-hybridized carbons (Fsp3) is 0.417. The van der Waals surface area contributed by atoms with Gasteiger partial charge in [0.2, 0.25) is 0 Å². The number of rotatable bonds is 5. The molecule has 0 radical (unpaired) electrons. The average molecular weight is 239 g/mol. The maximum atomic E-state index is 11.1. The molecule has 16 heavy (non-hydrogen) atoms. The summed E-state index contributed by atoms with van der Waals surface area (Å²) < 4.78 is 4.86. The topological polar surface area (TPSA) is 52.3 Å². The summed E-state index contributed by atoms with van der Waals surface area (Å²) in [7, 11) is 0. The molecule has 0 heterocycles. The molecule has 0 amide bonds. The van der Waals surface area contributed by atoms with Gasteiger partial charge in [-0.15, -0.1) is 11.8 Å². The van der Waals surface area contributed by atoms with Crippen molar-refractivity contribution in [2.24, 2.45) is 0 Å². The number of aryl methyl sites for hydroxylation is 1. The van der Waals surface area contributed by atoms with Gasteiger partial charge in [-0.3, -0.25) is 4.79 Å². The lowest BCUT2D eigenvalue weighted by Crippen LogP contribution is -2.04. The fourth-order valence-electron chi connectivity index (χ4n) is 1.31. The van der Waals surface area contributed by atoms with E-state index in [0.29, 0.717) is 13.0 Å². The Kier molecular flexibility index (Phi) is 5.19. The van der Waals surface area contributed by atoms with Gasteiger partial charge in [-0.2, -0.15) is 0 Å². The van der Waals surface area contributed by atoms with Gasteiger partial charge in [-0.1, -0.05) is 0 Å². The molecule has 0 aliphatic carbocycles. The molecule has 0 aliphatic rings. The van der Waals surface area contributed by atoms with Gasteiger partial charge in [-0.05, 0) is 37.6 Å². The third kappa shape index (κ3) is 4.14. The van der Waals surface area contributed by atoms with E-state index in [4.69, 9.17) is 10.5 Å². The molecule has 0 aromatic heterocycles. The van der Waals surface area contributed by atoms with Crippen LogP contribution in [0.2, 0.25) is 0 Å². The number of ether oxygens (including phenoxy) is 1. The summed E-state index contributed by atoms with van der Waals surface area (Å²) in [6.45, 7) is 4.28. The number of thioether (sulfide) groups is 1. The molecular formula is C12H17NO2S. The first-order chi connectivity index (χ1) is 7.63. The summed E-state index contributed by atoms with van der Waals surface area (Å²) in [4.78, 5) is 12.3. The van der Waals surface area contributed by atoms with Crippen molar-refractivity contribution in [2.75, 3.05) is 18.1 Å². The number of esters is 1. The molecule has 1 aromatic rings. The highest BCUT2D eigenvalue weighted by Gasteiger charge is 2.04. The Morgan fingerprint density at radius 1 is 1.50 bits per heavy atom. The highest BCUT2D eigenvalue weighted by Crippen LogP contribution is 2.24. The number of anilines is 1. The predicted octanol–water partition coefficient (Wildman–Crippen LogP) is 2.62. The number of nitrogen functional groups attached to an aromatic ring is 1. The van der Waals surface area contributed by atoms with E-state index in [1.165, 1.54) is 4.90 Å². The van der Waals surface area contributed by atoms with E-state index >= 15 is 0 Å². The second-order valence-electron chi connectivity index (χ2n) is 3.43. The molecule has 88 valence electrons. The Balaban J connectivity index is 2.40. The first-order valence-corrected chi connectivity index (χ1v) is 6.26. The van der Waals surface area contributed by atoms with Crippen LogP contribution < -0.4 is 5.73 Å². The van der Waals surface area contributed by atoms with Crippen LogP contribution in [0.4, 0.5) is 5.69 Å². The third-order valence-electron chi connectivity index (χ3n) is 2.07. The largest absolute Gasteiger partial charge is 0.466 e. The maximum absolute atomic E-state index is 11.1. The lowest BCUT2D eigenvalue weighted by Gasteiger charge is -2.06. The lowest BCUT2D eigenvalue weighted by molar-refractivity contribution is -0.142. The Morgan fingerprint density at radius 3 is 2.88 bits per heavy atom. The fourth-order valence-corrected chi connectivity index (χ4v) is 2.25. The van der Waals surface area contributed by atoms with Crippen molar-refractivity contribution in [1.29, 1.82) is 0 Å². The molecule has 0 saturated carbocycles. The van der Waals surface area contributed by atoms with Crippen LogP contribution in [0, 0.1) is 6.92 Å². The number of benzene rings is 1. The van der Waals surface area contributed by atoms with Crippen LogP contribution in [0.15, 0.2) is 23.1 Å². The van der Waals surface area contributed by atoms with Gasteiger partial charge in [0.05, 0.1) is 13.0 Å². The zero-order valence-electron chi connectivity index (χ0n) is 9.66. The standard InChI is InChI=1S/C12H17NO2S/c1-3-15-12(14)6-7-16-11-5-4-10(13)8-9(11)2/h4-5,8H,3,6-7,13H2,1-2H3. The van der Waals surface area contributed by atoms with E-state index in [-0.39, 0.29) is 5.97 Å². The minimum absolute atomic E-state index is 0.136. The zero-order chi connectivity index (χ0) is 12.0. The first-order valence-electron chi connectivity index (χ1n) is 5.28. The van der Waals surface area contributed by atoms with Gasteiger partial charge in [0.15, 0.2) is 0 Å². The summed E-state index contributed by atoms with van der Waals surface area (Å²) in [5, 5.41) is 0. The van der Waals surface area contributed by atoms with E-state index in [0.717, 1.165) is 17.0 Å². The number of carbonyl (C=O) groups excluding carboxylic acids is 1. The molecule has 2 N–H and O–H groups in total. The van der Waals surface area contributed by atoms with E-state index in [1.807, 2.05) is 32.0 Å². The van der Waals surface area contributed by atoms with Gasteiger partial charge in [0.25, 0.3) is 0 Å². The van der Waals surface area contributed by atoms with Gasteiger partial charge >= 0.3 is 5.97 Å². The molecule has 0 aliphatic heterocycles. The molecule has 0 bridgehead atoms. The molecule has 1 rings (SSSR count). The minimum Gasteiger partial charge on any atom is -0.466 e. The van der Waals surface area contributed by atoms with Crippen molar-refractivity contribution in [1.82, 2.24) is 0 Å². The van der Waals surface area contributed by atoms with Crippen molar-refractivity contribution < 1.29 is 9.53 Å². The first kappa shape index (κ1) is 12.9. The number of carbonyl (C=O) groups is 1. The van der Waals surface area contributed by atoms with Crippen LogP contribution in [0.5, 0.6) is 0 Å². The SMILES string of the molecule is CCOC(=O)CCSc1ccc(N)cc1C. The molecule has 0 saturated heterocycles. The van der Waals surface area contributed by atoms with Crippen LogP contribution in [0.1, 0.15) is 18.9 Å². The second kappa shape index (κ2) is 6.43. The molecule has 0 atom stereocenters. The predicted molar refractivity (Wildman–Crippen MR) is 67.6 cm³/mol. The lowest BCUT2D eigenvalue weighted by atomic mass is 10.2. The van der Waals surface area contributed by atoms with Gasteiger partial charge < -0.3 is 10.5 Å². The quantitative estimate of drug-likeness (QED) is 0.487. The summed E-state index contributed by atoms with van der Waals surface area (Å²) in [5.41, 5.74) is 7.58. The van der Waals surface area contributed by atoms with Crippen molar-refractivity contribution in [3.8, 4) is 0 Å². The Hall–Kier alpha value is -1.16. The molecule has 1 aromatic carbocycles. The molecule has 0 spiro atoms. The zero-order valence-corrected chi connectivity index (χ0v) is 10.5. The van der Waals surface area contributed by atoms with Crippen molar-refractivity contribution in [2.45, 2.75) is 25.2 Å². The number of nitrogens with two attached hydrogens (primary N) is 1. The van der Waals surface area contributed by atoms with E-state index in [1.54, 1.807) is 11.8 Å². The van der Waals surface area contributed by atoms with Crippen LogP contribution in [-0.2, 0) is 9.53 Å². The van der Waals surface area contributed by atoms with E-state index in [9.17, 15) is 4.79 Å². The molecule has 0 unspecified atom stereocenters. The summed E-state index contributed by atoms with van der Waals surface area (Å²) in [5.74, 6) is 0.604. The monoisotopic (exact) mass is 239 g/mol. The number of hydrogen-bond acceptors (Lipinski definition) is 4. The highest BCUT2D eigenvalue weighted by molar-refractivity contribution is 7.99. The second-order valence-corrected chi connectivity index (χ2v) is 4.57. The van der Waals surface area contributed by atoms with E-state index < -0.39 is 0 Å². The van der Waals surface area contributed by atoms with Crippen LogP contribution >= 0.6 is 11.8 Å². The molecule has 3 nitrogen and oxygen atoms in total.